The summed E-state index contributed by atoms with van der Waals surface area (Å²) in [7, 11) is 1.54. The van der Waals surface area contributed by atoms with E-state index >= 15 is 0 Å². The van der Waals surface area contributed by atoms with E-state index < -0.39 is 5.97 Å². The van der Waals surface area contributed by atoms with Gasteiger partial charge in [0.2, 0.25) is 0 Å². The summed E-state index contributed by atoms with van der Waals surface area (Å²) in [5.41, 5.74) is 0.660. The number of amides is 1. The van der Waals surface area contributed by atoms with Gasteiger partial charge in [-0.2, -0.15) is 0 Å². The summed E-state index contributed by atoms with van der Waals surface area (Å²) >= 11 is 2.15. The van der Waals surface area contributed by atoms with Gasteiger partial charge in [-0.3, -0.25) is 9.59 Å². The van der Waals surface area contributed by atoms with Crippen LogP contribution in [0.1, 0.15) is 6.42 Å². The zero-order valence-corrected chi connectivity index (χ0v) is 15.8. The smallest absolute Gasteiger partial charge is 0.309 e. The van der Waals surface area contributed by atoms with Crippen LogP contribution >= 0.6 is 22.6 Å². The number of halogens is 1. The largest absolute Gasteiger partial charge is 0.493 e. The van der Waals surface area contributed by atoms with Gasteiger partial charge in [-0.25, -0.2) is 0 Å². The van der Waals surface area contributed by atoms with Crippen molar-refractivity contribution < 1.29 is 23.8 Å². The molecule has 7 heteroatoms. The van der Waals surface area contributed by atoms with Gasteiger partial charge in [0.05, 0.1) is 20.1 Å². The number of para-hydroxylation sites is 2. The number of esters is 1. The lowest BCUT2D eigenvalue weighted by Crippen LogP contribution is -2.21. The minimum atomic E-state index is -0.507. The van der Waals surface area contributed by atoms with E-state index in [9.17, 15) is 9.59 Å². The molecule has 25 heavy (non-hydrogen) atoms. The summed E-state index contributed by atoms with van der Waals surface area (Å²) in [6.07, 6.45) is 0.0363. The summed E-state index contributed by atoms with van der Waals surface area (Å²) in [5.74, 6) is 0.246. The average molecular weight is 455 g/mol. The van der Waals surface area contributed by atoms with Crippen LogP contribution in [-0.2, 0) is 14.3 Å². The Morgan fingerprint density at radius 3 is 2.56 bits per heavy atom. The molecule has 0 unspecified atom stereocenters. The van der Waals surface area contributed by atoms with Crippen LogP contribution in [0.15, 0.2) is 48.5 Å². The van der Waals surface area contributed by atoms with Gasteiger partial charge in [-0.1, -0.05) is 18.2 Å². The van der Waals surface area contributed by atoms with Gasteiger partial charge in [0.25, 0.3) is 5.91 Å². The van der Waals surface area contributed by atoms with E-state index in [2.05, 4.69) is 27.9 Å². The highest BCUT2D eigenvalue weighted by molar-refractivity contribution is 14.1. The van der Waals surface area contributed by atoms with Gasteiger partial charge in [-0.15, -0.1) is 0 Å². The van der Waals surface area contributed by atoms with Crippen LogP contribution in [0.5, 0.6) is 11.5 Å². The van der Waals surface area contributed by atoms with E-state index in [1.807, 2.05) is 30.3 Å². The van der Waals surface area contributed by atoms with Crippen molar-refractivity contribution in [3.63, 3.8) is 0 Å². The topological polar surface area (TPSA) is 73.9 Å². The van der Waals surface area contributed by atoms with Gasteiger partial charge in [-0.05, 0) is 52.9 Å². The molecule has 0 aliphatic rings. The van der Waals surface area contributed by atoms with Gasteiger partial charge < -0.3 is 19.5 Å². The van der Waals surface area contributed by atoms with Crippen LogP contribution in [0.2, 0.25) is 0 Å². The number of hydrogen-bond donors (Lipinski definition) is 1. The Bertz CT molecular complexity index is 735. The van der Waals surface area contributed by atoms with Crippen molar-refractivity contribution in [2.75, 3.05) is 25.6 Å². The molecule has 0 bridgehead atoms. The predicted molar refractivity (Wildman–Crippen MR) is 102 cm³/mol. The molecule has 2 rings (SSSR count). The fourth-order valence-electron chi connectivity index (χ4n) is 1.96. The van der Waals surface area contributed by atoms with E-state index in [0.717, 1.165) is 3.57 Å². The van der Waals surface area contributed by atoms with Gasteiger partial charge in [0.15, 0.2) is 18.1 Å². The fourth-order valence-corrected chi connectivity index (χ4v) is 2.51. The Labute approximate surface area is 159 Å². The molecule has 0 spiro atoms. The lowest BCUT2D eigenvalue weighted by Gasteiger charge is -2.10. The van der Waals surface area contributed by atoms with Crippen molar-refractivity contribution in [2.24, 2.45) is 0 Å². The molecular formula is C18H18INO5. The third kappa shape index (κ3) is 6.61. The molecule has 0 aliphatic carbocycles. The molecule has 132 valence electrons. The Kier molecular flexibility index (Phi) is 7.52. The number of ether oxygens (including phenoxy) is 3. The minimum Gasteiger partial charge on any atom is -0.493 e. The molecule has 1 N–H and O–H groups in total. The van der Waals surface area contributed by atoms with Crippen molar-refractivity contribution in [1.29, 1.82) is 0 Å². The monoisotopic (exact) mass is 455 g/mol. The SMILES string of the molecule is COc1ccccc1OCCC(=O)OCC(=O)Nc1cccc(I)c1. The molecule has 0 saturated heterocycles. The first-order chi connectivity index (χ1) is 12.1. The van der Waals surface area contributed by atoms with Crippen LogP contribution in [-0.4, -0.2) is 32.2 Å². The number of anilines is 1. The first kappa shape index (κ1) is 19.0. The van der Waals surface area contributed by atoms with Crippen molar-refractivity contribution in [1.82, 2.24) is 0 Å². The Morgan fingerprint density at radius 1 is 1.08 bits per heavy atom. The van der Waals surface area contributed by atoms with E-state index in [1.165, 1.54) is 0 Å². The number of rotatable bonds is 8. The predicted octanol–water partition coefficient (Wildman–Crippen LogP) is 3.25. The van der Waals surface area contributed by atoms with Crippen LogP contribution < -0.4 is 14.8 Å². The van der Waals surface area contributed by atoms with Gasteiger partial charge in [0.1, 0.15) is 0 Å². The Morgan fingerprint density at radius 2 is 1.84 bits per heavy atom. The highest BCUT2D eigenvalue weighted by Crippen LogP contribution is 2.25. The highest BCUT2D eigenvalue weighted by Gasteiger charge is 2.09. The quantitative estimate of drug-likeness (QED) is 0.489. The van der Waals surface area contributed by atoms with Crippen molar-refractivity contribution >= 4 is 40.2 Å². The molecule has 2 aromatic carbocycles. The summed E-state index contributed by atoms with van der Waals surface area (Å²) in [4.78, 5) is 23.5. The van der Waals surface area contributed by atoms with Crippen LogP contribution in [0.4, 0.5) is 5.69 Å². The van der Waals surface area contributed by atoms with Crippen LogP contribution in [0.25, 0.3) is 0 Å². The van der Waals surface area contributed by atoms with E-state index in [4.69, 9.17) is 14.2 Å². The van der Waals surface area contributed by atoms with E-state index in [1.54, 1.807) is 25.3 Å². The summed E-state index contributed by atoms with van der Waals surface area (Å²) in [6, 6.07) is 14.5. The summed E-state index contributed by atoms with van der Waals surface area (Å²) < 4.78 is 16.6. The normalized spacial score (nSPS) is 10.0. The molecule has 2 aromatic rings. The second-order valence-electron chi connectivity index (χ2n) is 4.97. The number of carbonyl (C=O) groups is 2. The fraction of sp³-hybridized carbons (Fsp3) is 0.222. The van der Waals surface area contributed by atoms with Gasteiger partial charge in [0, 0.05) is 9.26 Å². The van der Waals surface area contributed by atoms with Crippen molar-refractivity contribution in [3.05, 3.63) is 52.1 Å². The van der Waals surface area contributed by atoms with Crippen molar-refractivity contribution in [2.45, 2.75) is 6.42 Å². The number of hydrogen-bond acceptors (Lipinski definition) is 5. The van der Waals surface area contributed by atoms with Gasteiger partial charge >= 0.3 is 5.97 Å². The van der Waals surface area contributed by atoms with E-state index in [-0.39, 0.29) is 25.5 Å². The molecule has 1 amide bonds. The van der Waals surface area contributed by atoms with Crippen LogP contribution in [0, 0.1) is 3.57 Å². The lowest BCUT2D eigenvalue weighted by molar-refractivity contribution is -0.147. The molecule has 0 radical (unpaired) electrons. The maximum absolute atomic E-state index is 11.8. The molecule has 0 aromatic heterocycles. The number of benzene rings is 2. The molecule has 6 nitrogen and oxygen atoms in total. The number of methoxy groups -OCH3 is 1. The molecule has 0 aliphatic heterocycles. The third-order valence-corrected chi connectivity index (χ3v) is 3.78. The third-order valence-electron chi connectivity index (χ3n) is 3.11. The Hall–Kier alpha value is -2.29. The molecule has 0 heterocycles. The summed E-state index contributed by atoms with van der Waals surface area (Å²) in [6.45, 7) is -0.198. The highest BCUT2D eigenvalue weighted by atomic mass is 127. The first-order valence-corrected chi connectivity index (χ1v) is 8.63. The second-order valence-corrected chi connectivity index (χ2v) is 6.21. The maximum Gasteiger partial charge on any atom is 0.309 e. The average Bonchev–Trinajstić information content (AvgIpc) is 2.60. The Balaban J connectivity index is 1.69. The number of nitrogens with one attached hydrogen (secondary N) is 1. The summed E-state index contributed by atoms with van der Waals surface area (Å²) in [5, 5.41) is 2.67. The zero-order valence-electron chi connectivity index (χ0n) is 13.7. The lowest BCUT2D eigenvalue weighted by atomic mass is 10.3. The zero-order chi connectivity index (χ0) is 18.1. The van der Waals surface area contributed by atoms with Crippen molar-refractivity contribution in [3.8, 4) is 11.5 Å². The number of carbonyl (C=O) groups excluding carboxylic acids is 2. The standard InChI is InChI=1S/C18H18INO5/c1-23-15-7-2-3-8-16(15)24-10-9-18(22)25-12-17(21)20-14-6-4-5-13(19)11-14/h2-8,11H,9-10,12H2,1H3,(H,20,21). The van der Waals surface area contributed by atoms with Crippen LogP contribution in [0.3, 0.4) is 0 Å². The van der Waals surface area contributed by atoms with E-state index in [0.29, 0.717) is 17.2 Å². The molecule has 0 atom stereocenters. The minimum absolute atomic E-state index is 0.0363. The first-order valence-electron chi connectivity index (χ1n) is 7.55. The molecule has 0 fully saturated rings. The second kappa shape index (κ2) is 9.87. The maximum atomic E-state index is 11.8. The molecular weight excluding hydrogens is 437 g/mol. The molecule has 0 saturated carbocycles.